The highest BCUT2D eigenvalue weighted by Crippen LogP contribution is 2.19. The van der Waals surface area contributed by atoms with Crippen molar-refractivity contribution in [3.05, 3.63) is 29.8 Å². The molecule has 2 heterocycles. The molecule has 0 bridgehead atoms. The molecule has 1 N–H and O–H groups in total. The van der Waals surface area contributed by atoms with E-state index in [0.717, 1.165) is 38.2 Å². The number of anilines is 1. The number of benzene rings is 1. The van der Waals surface area contributed by atoms with Gasteiger partial charge in [-0.1, -0.05) is 12.1 Å². The Balaban J connectivity index is 1.39. The lowest BCUT2D eigenvalue weighted by atomic mass is 9.97. The molecule has 3 rings (SSSR count). The quantitative estimate of drug-likeness (QED) is 0.744. The first-order valence-electron chi connectivity index (χ1n) is 10.1. The van der Waals surface area contributed by atoms with Gasteiger partial charge < -0.3 is 10.1 Å². The van der Waals surface area contributed by atoms with Gasteiger partial charge in [0.05, 0.1) is 19.1 Å². The van der Waals surface area contributed by atoms with Gasteiger partial charge in [-0.25, -0.2) is 0 Å². The van der Waals surface area contributed by atoms with Crippen molar-refractivity contribution in [2.24, 2.45) is 5.92 Å². The SMILES string of the molecule is CCOC(=O)C1CCN(CC(=O)Nc2ccc(CN3CCCC3)cc2)CC1. The summed E-state index contributed by atoms with van der Waals surface area (Å²) >= 11 is 0. The van der Waals surface area contributed by atoms with E-state index in [1.54, 1.807) is 0 Å². The van der Waals surface area contributed by atoms with E-state index in [-0.39, 0.29) is 17.8 Å². The molecule has 0 spiro atoms. The second-order valence-corrected chi connectivity index (χ2v) is 7.53. The van der Waals surface area contributed by atoms with Crippen LogP contribution in [0.2, 0.25) is 0 Å². The van der Waals surface area contributed by atoms with Crippen molar-refractivity contribution in [1.82, 2.24) is 9.80 Å². The molecule has 6 nitrogen and oxygen atoms in total. The van der Waals surface area contributed by atoms with Crippen molar-refractivity contribution >= 4 is 17.6 Å². The number of rotatable bonds is 7. The standard InChI is InChI=1S/C21H31N3O3/c1-2-27-21(26)18-9-13-24(14-10-18)16-20(25)22-19-7-5-17(6-8-19)15-23-11-3-4-12-23/h5-8,18H,2-4,9-16H2,1H3,(H,22,25). The third-order valence-electron chi connectivity index (χ3n) is 5.42. The average Bonchev–Trinajstić information content (AvgIpc) is 3.17. The third-order valence-corrected chi connectivity index (χ3v) is 5.42. The lowest BCUT2D eigenvalue weighted by Gasteiger charge is -2.30. The van der Waals surface area contributed by atoms with Gasteiger partial charge in [0.2, 0.25) is 5.91 Å². The predicted molar refractivity (Wildman–Crippen MR) is 105 cm³/mol. The van der Waals surface area contributed by atoms with E-state index in [1.807, 2.05) is 19.1 Å². The molecule has 0 atom stereocenters. The predicted octanol–water partition coefficient (Wildman–Crippen LogP) is 2.50. The van der Waals surface area contributed by atoms with Crippen LogP contribution >= 0.6 is 0 Å². The molecule has 6 heteroatoms. The molecule has 1 aromatic carbocycles. The Kier molecular flexibility index (Phi) is 7.24. The number of piperidine rings is 1. The van der Waals surface area contributed by atoms with E-state index < -0.39 is 0 Å². The summed E-state index contributed by atoms with van der Waals surface area (Å²) in [6.07, 6.45) is 4.12. The van der Waals surface area contributed by atoms with Crippen LogP contribution in [-0.2, 0) is 20.9 Å². The molecule has 2 fully saturated rings. The molecule has 0 radical (unpaired) electrons. The summed E-state index contributed by atoms with van der Waals surface area (Å²) in [4.78, 5) is 28.7. The van der Waals surface area contributed by atoms with Gasteiger partial charge in [-0.15, -0.1) is 0 Å². The van der Waals surface area contributed by atoms with Crippen LogP contribution in [0.5, 0.6) is 0 Å². The molecule has 2 saturated heterocycles. The summed E-state index contributed by atoms with van der Waals surface area (Å²) in [7, 11) is 0. The van der Waals surface area contributed by atoms with E-state index >= 15 is 0 Å². The number of ether oxygens (including phenoxy) is 1. The zero-order valence-corrected chi connectivity index (χ0v) is 16.3. The van der Waals surface area contributed by atoms with E-state index in [4.69, 9.17) is 4.74 Å². The van der Waals surface area contributed by atoms with Crippen LogP contribution in [0.1, 0.15) is 38.2 Å². The van der Waals surface area contributed by atoms with Crippen LogP contribution in [0.25, 0.3) is 0 Å². The fourth-order valence-electron chi connectivity index (χ4n) is 3.88. The number of nitrogens with zero attached hydrogens (tertiary/aromatic N) is 2. The van der Waals surface area contributed by atoms with Gasteiger partial charge in [0.15, 0.2) is 0 Å². The summed E-state index contributed by atoms with van der Waals surface area (Å²) in [5.41, 5.74) is 2.13. The summed E-state index contributed by atoms with van der Waals surface area (Å²) < 4.78 is 5.09. The molecule has 1 aromatic rings. The molecule has 0 unspecified atom stereocenters. The van der Waals surface area contributed by atoms with Crippen molar-refractivity contribution in [3.8, 4) is 0 Å². The second kappa shape index (κ2) is 9.85. The molecule has 148 valence electrons. The number of likely N-dealkylation sites (tertiary alicyclic amines) is 2. The van der Waals surface area contributed by atoms with E-state index in [9.17, 15) is 9.59 Å². The number of amides is 1. The van der Waals surface area contributed by atoms with Crippen LogP contribution in [0.4, 0.5) is 5.69 Å². The van der Waals surface area contributed by atoms with Crippen molar-refractivity contribution in [2.75, 3.05) is 44.6 Å². The smallest absolute Gasteiger partial charge is 0.309 e. The highest BCUT2D eigenvalue weighted by molar-refractivity contribution is 5.92. The Morgan fingerprint density at radius 1 is 1.04 bits per heavy atom. The number of nitrogens with one attached hydrogen (secondary N) is 1. The monoisotopic (exact) mass is 373 g/mol. The number of carbonyl (C=O) groups is 2. The van der Waals surface area contributed by atoms with Gasteiger partial charge in [-0.3, -0.25) is 19.4 Å². The minimum atomic E-state index is -0.101. The molecule has 0 aliphatic carbocycles. The number of hydrogen-bond acceptors (Lipinski definition) is 5. The van der Waals surface area contributed by atoms with E-state index in [2.05, 4.69) is 27.2 Å². The first-order chi connectivity index (χ1) is 13.1. The van der Waals surface area contributed by atoms with Crippen LogP contribution in [0.3, 0.4) is 0 Å². The maximum absolute atomic E-state index is 12.3. The Morgan fingerprint density at radius 2 is 1.70 bits per heavy atom. The van der Waals surface area contributed by atoms with Crippen LogP contribution in [0, 0.1) is 5.92 Å². The van der Waals surface area contributed by atoms with Crippen molar-refractivity contribution in [1.29, 1.82) is 0 Å². The van der Waals surface area contributed by atoms with Gasteiger partial charge in [-0.2, -0.15) is 0 Å². The highest BCUT2D eigenvalue weighted by Gasteiger charge is 2.26. The molecule has 0 aromatic heterocycles. The minimum absolute atomic E-state index is 0.00289. The summed E-state index contributed by atoms with van der Waals surface area (Å²) in [5, 5.41) is 2.98. The Labute approximate surface area is 161 Å². The first kappa shape index (κ1) is 19.8. The van der Waals surface area contributed by atoms with E-state index in [1.165, 1.54) is 31.5 Å². The van der Waals surface area contributed by atoms with Gasteiger partial charge in [0, 0.05) is 12.2 Å². The zero-order valence-electron chi connectivity index (χ0n) is 16.3. The van der Waals surface area contributed by atoms with Crippen LogP contribution in [0.15, 0.2) is 24.3 Å². The topological polar surface area (TPSA) is 61.9 Å². The van der Waals surface area contributed by atoms with Gasteiger partial charge in [0.25, 0.3) is 0 Å². The fourth-order valence-corrected chi connectivity index (χ4v) is 3.88. The Hall–Kier alpha value is -1.92. The maximum Gasteiger partial charge on any atom is 0.309 e. The molecular weight excluding hydrogens is 342 g/mol. The van der Waals surface area contributed by atoms with Crippen LogP contribution < -0.4 is 5.32 Å². The fraction of sp³-hybridized carbons (Fsp3) is 0.619. The van der Waals surface area contributed by atoms with Crippen molar-refractivity contribution in [3.63, 3.8) is 0 Å². The Bertz CT molecular complexity index is 618. The highest BCUT2D eigenvalue weighted by atomic mass is 16.5. The van der Waals surface area contributed by atoms with Gasteiger partial charge >= 0.3 is 5.97 Å². The lowest BCUT2D eigenvalue weighted by molar-refractivity contribution is -0.149. The first-order valence-corrected chi connectivity index (χ1v) is 10.1. The maximum atomic E-state index is 12.3. The normalized spacial score (nSPS) is 19.1. The number of carbonyl (C=O) groups excluding carboxylic acids is 2. The second-order valence-electron chi connectivity index (χ2n) is 7.53. The lowest BCUT2D eigenvalue weighted by Crippen LogP contribution is -2.41. The summed E-state index contributed by atoms with van der Waals surface area (Å²) in [6, 6.07) is 8.16. The summed E-state index contributed by atoms with van der Waals surface area (Å²) in [6.45, 7) is 7.50. The largest absolute Gasteiger partial charge is 0.466 e. The van der Waals surface area contributed by atoms with Crippen molar-refractivity contribution in [2.45, 2.75) is 39.2 Å². The minimum Gasteiger partial charge on any atom is -0.466 e. The van der Waals surface area contributed by atoms with Crippen LogP contribution in [-0.4, -0.2) is 61.0 Å². The average molecular weight is 373 g/mol. The third kappa shape index (κ3) is 6.04. The van der Waals surface area contributed by atoms with Gasteiger partial charge in [0.1, 0.15) is 0 Å². The molecular formula is C21H31N3O3. The number of hydrogen-bond donors (Lipinski definition) is 1. The Morgan fingerprint density at radius 3 is 2.33 bits per heavy atom. The summed E-state index contributed by atoms with van der Waals surface area (Å²) in [5.74, 6) is -0.125. The molecule has 1 amide bonds. The molecule has 0 saturated carbocycles. The van der Waals surface area contributed by atoms with Crippen molar-refractivity contribution < 1.29 is 14.3 Å². The number of esters is 1. The molecule has 2 aliphatic heterocycles. The molecule has 2 aliphatic rings. The van der Waals surface area contributed by atoms with E-state index in [0.29, 0.717) is 13.2 Å². The van der Waals surface area contributed by atoms with Gasteiger partial charge in [-0.05, 0) is 76.5 Å². The molecule has 27 heavy (non-hydrogen) atoms. The zero-order chi connectivity index (χ0) is 19.1.